The van der Waals surface area contributed by atoms with E-state index in [1.165, 1.54) is 12.1 Å². The number of sulfonamides is 1. The van der Waals surface area contributed by atoms with Gasteiger partial charge in [-0.25, -0.2) is 13.1 Å². The van der Waals surface area contributed by atoms with Crippen LogP contribution in [0.15, 0.2) is 17.0 Å². The molecule has 0 saturated heterocycles. The van der Waals surface area contributed by atoms with Crippen LogP contribution in [-0.4, -0.2) is 31.0 Å². The molecule has 21 heavy (non-hydrogen) atoms. The number of carboxylic acids is 1. The lowest BCUT2D eigenvalue weighted by Crippen LogP contribution is -2.26. The standard InChI is InChI=1S/C12H16N2O6S/c1-8-6-10(14(17)18)11(7-9(8)2)21(19,20)13-5-3-4-12(15)16/h6-7,13H,3-5H2,1-2H3,(H,15,16). The number of carbonyl (C=O) groups is 1. The third-order valence-corrected chi connectivity index (χ3v) is 4.41. The second-order valence-electron chi connectivity index (χ2n) is 4.56. The van der Waals surface area contributed by atoms with Crippen molar-refractivity contribution < 1.29 is 23.2 Å². The lowest BCUT2D eigenvalue weighted by atomic mass is 10.1. The molecule has 0 radical (unpaired) electrons. The molecule has 1 aromatic rings. The van der Waals surface area contributed by atoms with Crippen LogP contribution in [0.4, 0.5) is 5.69 Å². The summed E-state index contributed by atoms with van der Waals surface area (Å²) < 4.78 is 26.4. The van der Waals surface area contributed by atoms with Gasteiger partial charge in [-0.05, 0) is 37.5 Å². The molecule has 116 valence electrons. The van der Waals surface area contributed by atoms with Crippen molar-refractivity contribution in [3.8, 4) is 0 Å². The molecule has 0 aromatic heterocycles. The minimum absolute atomic E-state index is 0.0985. The number of aliphatic carboxylic acids is 1. The third-order valence-electron chi connectivity index (χ3n) is 2.92. The lowest BCUT2D eigenvalue weighted by Gasteiger charge is -2.09. The van der Waals surface area contributed by atoms with E-state index in [-0.39, 0.29) is 19.4 Å². The Hall–Kier alpha value is -2.00. The molecule has 0 spiro atoms. The van der Waals surface area contributed by atoms with Crippen LogP contribution in [0.1, 0.15) is 24.0 Å². The quantitative estimate of drug-likeness (QED) is 0.444. The van der Waals surface area contributed by atoms with Gasteiger partial charge in [0, 0.05) is 19.0 Å². The summed E-state index contributed by atoms with van der Waals surface area (Å²) >= 11 is 0. The summed E-state index contributed by atoms with van der Waals surface area (Å²) in [6, 6.07) is 2.45. The monoisotopic (exact) mass is 316 g/mol. The number of hydrogen-bond acceptors (Lipinski definition) is 5. The summed E-state index contributed by atoms with van der Waals surface area (Å²) in [5.41, 5.74) is 0.738. The molecule has 0 aliphatic rings. The Kier molecular flexibility index (Phi) is 5.39. The molecule has 0 heterocycles. The minimum Gasteiger partial charge on any atom is -0.481 e. The van der Waals surface area contributed by atoms with Gasteiger partial charge in [0.25, 0.3) is 5.69 Å². The number of nitro groups is 1. The molecular formula is C12H16N2O6S. The second-order valence-corrected chi connectivity index (χ2v) is 6.29. The fourth-order valence-electron chi connectivity index (χ4n) is 1.66. The summed E-state index contributed by atoms with van der Waals surface area (Å²) in [6.45, 7) is 3.21. The number of benzene rings is 1. The van der Waals surface area contributed by atoms with E-state index < -0.39 is 31.5 Å². The highest BCUT2D eigenvalue weighted by Gasteiger charge is 2.26. The molecular weight excluding hydrogens is 300 g/mol. The zero-order chi connectivity index (χ0) is 16.2. The number of aryl methyl sites for hydroxylation is 2. The van der Waals surface area contributed by atoms with E-state index in [4.69, 9.17) is 5.11 Å². The van der Waals surface area contributed by atoms with Crippen molar-refractivity contribution >= 4 is 21.7 Å². The fraction of sp³-hybridized carbons (Fsp3) is 0.417. The summed E-state index contributed by atoms with van der Waals surface area (Å²) in [4.78, 5) is 20.2. The van der Waals surface area contributed by atoms with Crippen LogP contribution < -0.4 is 4.72 Å². The van der Waals surface area contributed by atoms with Crippen molar-refractivity contribution in [3.63, 3.8) is 0 Å². The second kappa shape index (κ2) is 6.64. The van der Waals surface area contributed by atoms with E-state index in [0.717, 1.165) is 0 Å². The minimum atomic E-state index is -4.06. The zero-order valence-corrected chi connectivity index (χ0v) is 12.4. The van der Waals surface area contributed by atoms with Gasteiger partial charge >= 0.3 is 5.97 Å². The van der Waals surface area contributed by atoms with Crippen molar-refractivity contribution in [1.82, 2.24) is 4.72 Å². The van der Waals surface area contributed by atoms with Crippen LogP contribution in [0.25, 0.3) is 0 Å². The fourth-order valence-corrected chi connectivity index (χ4v) is 2.97. The van der Waals surface area contributed by atoms with Crippen molar-refractivity contribution in [2.24, 2.45) is 0 Å². The number of nitrogens with one attached hydrogen (secondary N) is 1. The topological polar surface area (TPSA) is 127 Å². The molecule has 0 bridgehead atoms. The third kappa shape index (κ3) is 4.50. The average molecular weight is 316 g/mol. The summed E-state index contributed by atoms with van der Waals surface area (Å²) in [5.74, 6) is -1.04. The predicted octanol–water partition coefficient (Wildman–Crippen LogP) is 1.35. The zero-order valence-electron chi connectivity index (χ0n) is 11.6. The SMILES string of the molecule is Cc1cc([N+](=O)[O-])c(S(=O)(=O)NCCCC(=O)O)cc1C. The first kappa shape index (κ1) is 17.1. The highest BCUT2D eigenvalue weighted by atomic mass is 32.2. The van der Waals surface area contributed by atoms with E-state index in [2.05, 4.69) is 4.72 Å². The maximum absolute atomic E-state index is 12.1. The van der Waals surface area contributed by atoms with Gasteiger partial charge in [0.2, 0.25) is 10.0 Å². The molecule has 0 atom stereocenters. The van der Waals surface area contributed by atoms with E-state index in [1.807, 2.05) is 0 Å². The Morgan fingerprint density at radius 3 is 2.43 bits per heavy atom. The highest BCUT2D eigenvalue weighted by Crippen LogP contribution is 2.27. The van der Waals surface area contributed by atoms with E-state index in [9.17, 15) is 23.3 Å². The van der Waals surface area contributed by atoms with E-state index in [0.29, 0.717) is 11.1 Å². The molecule has 0 aliphatic carbocycles. The number of carboxylic acid groups (broad SMARTS) is 1. The molecule has 1 aromatic carbocycles. The van der Waals surface area contributed by atoms with Crippen molar-refractivity contribution in [2.75, 3.05) is 6.54 Å². The molecule has 1 rings (SSSR count). The maximum atomic E-state index is 12.1. The van der Waals surface area contributed by atoms with Crippen LogP contribution in [0.3, 0.4) is 0 Å². The first-order valence-electron chi connectivity index (χ1n) is 6.12. The van der Waals surface area contributed by atoms with Crippen LogP contribution >= 0.6 is 0 Å². The van der Waals surface area contributed by atoms with Crippen molar-refractivity contribution in [3.05, 3.63) is 33.4 Å². The Balaban J connectivity index is 3.04. The number of nitrogens with zero attached hydrogens (tertiary/aromatic N) is 1. The van der Waals surface area contributed by atoms with Crippen LogP contribution in [0.2, 0.25) is 0 Å². The number of hydrogen-bond donors (Lipinski definition) is 2. The van der Waals surface area contributed by atoms with Crippen molar-refractivity contribution in [1.29, 1.82) is 0 Å². The maximum Gasteiger partial charge on any atom is 0.303 e. The van der Waals surface area contributed by atoms with Gasteiger partial charge in [0.1, 0.15) is 0 Å². The Morgan fingerprint density at radius 2 is 1.90 bits per heavy atom. The number of nitro benzene ring substituents is 1. The first-order valence-corrected chi connectivity index (χ1v) is 7.60. The summed E-state index contributed by atoms with van der Waals surface area (Å²) in [5, 5.41) is 19.5. The average Bonchev–Trinajstić information content (AvgIpc) is 2.37. The molecule has 0 unspecified atom stereocenters. The molecule has 0 amide bonds. The molecule has 9 heteroatoms. The normalized spacial score (nSPS) is 11.3. The Labute approximate surface area is 122 Å². The van der Waals surface area contributed by atoms with E-state index >= 15 is 0 Å². The van der Waals surface area contributed by atoms with Gasteiger partial charge in [0.15, 0.2) is 4.90 Å². The Bertz CT molecular complexity index is 669. The molecule has 2 N–H and O–H groups in total. The predicted molar refractivity (Wildman–Crippen MR) is 74.6 cm³/mol. The molecule has 0 saturated carbocycles. The van der Waals surface area contributed by atoms with Crippen molar-refractivity contribution in [2.45, 2.75) is 31.6 Å². The van der Waals surface area contributed by atoms with Gasteiger partial charge in [-0.3, -0.25) is 14.9 Å². The van der Waals surface area contributed by atoms with Gasteiger partial charge in [-0.1, -0.05) is 0 Å². The summed E-state index contributed by atoms with van der Waals surface area (Å²) in [7, 11) is -4.06. The van der Waals surface area contributed by atoms with Crippen LogP contribution in [0.5, 0.6) is 0 Å². The number of rotatable bonds is 7. The molecule has 0 fully saturated rings. The molecule has 8 nitrogen and oxygen atoms in total. The van der Waals surface area contributed by atoms with Crippen LogP contribution in [-0.2, 0) is 14.8 Å². The van der Waals surface area contributed by atoms with Crippen LogP contribution in [0, 0.1) is 24.0 Å². The van der Waals surface area contributed by atoms with E-state index in [1.54, 1.807) is 13.8 Å². The lowest BCUT2D eigenvalue weighted by molar-refractivity contribution is -0.387. The largest absolute Gasteiger partial charge is 0.481 e. The summed E-state index contributed by atoms with van der Waals surface area (Å²) in [6.07, 6.45) is -0.0786. The highest BCUT2D eigenvalue weighted by molar-refractivity contribution is 7.89. The van der Waals surface area contributed by atoms with Gasteiger partial charge in [-0.2, -0.15) is 0 Å². The first-order chi connectivity index (χ1) is 9.65. The van der Waals surface area contributed by atoms with Gasteiger partial charge in [0.05, 0.1) is 4.92 Å². The molecule has 0 aliphatic heterocycles. The van der Waals surface area contributed by atoms with Gasteiger partial charge < -0.3 is 5.11 Å². The smallest absolute Gasteiger partial charge is 0.303 e. The Morgan fingerprint density at radius 1 is 1.33 bits per heavy atom. The van der Waals surface area contributed by atoms with Gasteiger partial charge in [-0.15, -0.1) is 0 Å².